The maximum absolute atomic E-state index is 11.6. The Morgan fingerprint density at radius 3 is 2.76 bits per heavy atom. The molecule has 8 nitrogen and oxygen atoms in total. The van der Waals surface area contributed by atoms with Gasteiger partial charge in [0.05, 0.1) is 26.0 Å². The van der Waals surface area contributed by atoms with Crippen LogP contribution in [-0.2, 0) is 4.74 Å². The number of ether oxygens (including phenoxy) is 3. The Bertz CT molecular complexity index is 810. The molecule has 130 valence electrons. The Morgan fingerprint density at radius 2 is 2.08 bits per heavy atom. The summed E-state index contributed by atoms with van der Waals surface area (Å²) in [7, 11) is 2.81. The zero-order valence-electron chi connectivity index (χ0n) is 13.6. The number of hydrogen-bond donors (Lipinski definition) is 2. The van der Waals surface area contributed by atoms with Crippen molar-refractivity contribution in [2.75, 3.05) is 14.2 Å². The fourth-order valence-corrected chi connectivity index (χ4v) is 1.89. The van der Waals surface area contributed by atoms with Gasteiger partial charge in [0, 0.05) is 12.3 Å². The number of nitrogens with zero attached hydrogens (tertiary/aromatic N) is 2. The fourth-order valence-electron chi connectivity index (χ4n) is 1.84. The quantitative estimate of drug-likeness (QED) is 0.348. The monoisotopic (exact) mass is 360 g/mol. The molecule has 0 saturated carbocycles. The first-order chi connectivity index (χ1) is 12.0. The molecule has 0 spiro atoms. The first-order valence-electron chi connectivity index (χ1n) is 7.02. The minimum Gasteiger partial charge on any atom is -0.493 e. The van der Waals surface area contributed by atoms with E-state index in [2.05, 4.69) is 32.5 Å². The van der Waals surface area contributed by atoms with Crippen LogP contribution in [0, 0.1) is 0 Å². The van der Waals surface area contributed by atoms with E-state index in [1.807, 2.05) is 0 Å². The third kappa shape index (κ3) is 5.15. The van der Waals surface area contributed by atoms with Crippen molar-refractivity contribution in [3.63, 3.8) is 0 Å². The number of benzene rings is 1. The van der Waals surface area contributed by atoms with Gasteiger partial charge in [0.2, 0.25) is 5.88 Å². The van der Waals surface area contributed by atoms with Crippen molar-refractivity contribution in [3.05, 3.63) is 47.7 Å². The number of hydrogen-bond acceptors (Lipinski definition) is 7. The van der Waals surface area contributed by atoms with E-state index in [-0.39, 0.29) is 11.0 Å². The van der Waals surface area contributed by atoms with E-state index < -0.39 is 5.97 Å². The van der Waals surface area contributed by atoms with Gasteiger partial charge in [-0.3, -0.25) is 5.43 Å². The van der Waals surface area contributed by atoms with Crippen LogP contribution in [0.15, 0.2) is 41.6 Å². The molecule has 0 atom stereocenters. The van der Waals surface area contributed by atoms with Gasteiger partial charge in [0.1, 0.15) is 0 Å². The predicted octanol–water partition coefficient (Wildman–Crippen LogP) is 1.84. The highest BCUT2D eigenvalue weighted by Gasteiger charge is 2.11. The number of carbonyl (C=O) groups is 1. The molecule has 25 heavy (non-hydrogen) atoms. The fraction of sp³-hybridized carbons (Fsp3) is 0.125. The van der Waals surface area contributed by atoms with E-state index in [0.717, 1.165) is 5.56 Å². The minimum absolute atomic E-state index is 0.0692. The maximum Gasteiger partial charge on any atom is 0.338 e. The van der Waals surface area contributed by atoms with Crippen LogP contribution < -0.4 is 20.6 Å². The van der Waals surface area contributed by atoms with Crippen LogP contribution in [0.25, 0.3) is 0 Å². The van der Waals surface area contributed by atoms with Crippen molar-refractivity contribution in [1.82, 2.24) is 10.4 Å². The summed E-state index contributed by atoms with van der Waals surface area (Å²) < 4.78 is 15.7. The van der Waals surface area contributed by atoms with Crippen molar-refractivity contribution in [2.24, 2.45) is 10.8 Å². The molecule has 0 aliphatic heterocycles. The molecule has 0 aliphatic rings. The van der Waals surface area contributed by atoms with Crippen LogP contribution in [0.1, 0.15) is 15.9 Å². The summed E-state index contributed by atoms with van der Waals surface area (Å²) in [5.74, 6) is 0.648. The lowest BCUT2D eigenvalue weighted by molar-refractivity contribution is 0.0600. The largest absolute Gasteiger partial charge is 0.493 e. The molecule has 1 aromatic heterocycles. The van der Waals surface area contributed by atoms with Crippen molar-refractivity contribution >= 4 is 29.5 Å². The van der Waals surface area contributed by atoms with Crippen molar-refractivity contribution in [1.29, 1.82) is 0 Å². The van der Waals surface area contributed by atoms with Gasteiger partial charge in [-0.2, -0.15) is 5.10 Å². The molecule has 2 aromatic rings. The molecule has 1 aromatic carbocycles. The van der Waals surface area contributed by atoms with E-state index in [0.29, 0.717) is 17.1 Å². The topological polar surface area (TPSA) is 108 Å². The van der Waals surface area contributed by atoms with Gasteiger partial charge >= 0.3 is 5.97 Å². The molecule has 2 rings (SSSR count). The second-order valence-corrected chi connectivity index (χ2v) is 5.06. The van der Waals surface area contributed by atoms with Gasteiger partial charge in [0.25, 0.3) is 0 Å². The first kappa shape index (κ1) is 18.1. The smallest absolute Gasteiger partial charge is 0.338 e. The van der Waals surface area contributed by atoms with E-state index in [1.54, 1.807) is 18.2 Å². The number of aromatic nitrogens is 1. The normalized spacial score (nSPS) is 10.3. The van der Waals surface area contributed by atoms with Crippen molar-refractivity contribution in [2.45, 2.75) is 0 Å². The van der Waals surface area contributed by atoms with Gasteiger partial charge in [-0.25, -0.2) is 9.78 Å². The van der Waals surface area contributed by atoms with Crippen molar-refractivity contribution in [3.8, 4) is 17.4 Å². The van der Waals surface area contributed by atoms with Crippen molar-refractivity contribution < 1.29 is 19.0 Å². The Labute approximate surface area is 149 Å². The van der Waals surface area contributed by atoms with E-state index in [1.165, 1.54) is 38.8 Å². The number of methoxy groups -OCH3 is 2. The van der Waals surface area contributed by atoms with Gasteiger partial charge in [0.15, 0.2) is 16.6 Å². The summed E-state index contributed by atoms with van der Waals surface area (Å²) in [6, 6.07) is 8.17. The number of rotatable bonds is 6. The van der Waals surface area contributed by atoms with Crippen LogP contribution in [0.3, 0.4) is 0 Å². The molecule has 0 bridgehead atoms. The van der Waals surface area contributed by atoms with Crippen LogP contribution in [0.5, 0.6) is 17.4 Å². The highest BCUT2D eigenvalue weighted by Crippen LogP contribution is 2.31. The molecule has 3 N–H and O–H groups in total. The van der Waals surface area contributed by atoms with Gasteiger partial charge < -0.3 is 19.9 Å². The highest BCUT2D eigenvalue weighted by atomic mass is 32.1. The zero-order valence-corrected chi connectivity index (χ0v) is 14.4. The maximum atomic E-state index is 11.6. The summed E-state index contributed by atoms with van der Waals surface area (Å²) in [6.45, 7) is 0. The Kier molecular flexibility index (Phi) is 6.24. The molecule has 0 aliphatic carbocycles. The number of nitrogens with one attached hydrogen (secondary N) is 1. The second kappa shape index (κ2) is 8.60. The van der Waals surface area contributed by atoms with Crippen LogP contribution >= 0.6 is 12.2 Å². The average Bonchev–Trinajstić information content (AvgIpc) is 2.62. The Morgan fingerprint density at radius 1 is 1.28 bits per heavy atom. The summed E-state index contributed by atoms with van der Waals surface area (Å²) in [5, 5.41) is 3.94. The number of esters is 1. The average molecular weight is 360 g/mol. The Hall–Kier alpha value is -3.20. The first-order valence-corrected chi connectivity index (χ1v) is 7.43. The molecule has 0 fully saturated rings. The molecule has 9 heteroatoms. The van der Waals surface area contributed by atoms with E-state index in [4.69, 9.17) is 15.2 Å². The zero-order chi connectivity index (χ0) is 18.2. The lowest BCUT2D eigenvalue weighted by Crippen LogP contribution is -2.23. The molecule has 0 unspecified atom stereocenters. The third-order valence-electron chi connectivity index (χ3n) is 2.95. The predicted molar refractivity (Wildman–Crippen MR) is 96.2 cm³/mol. The van der Waals surface area contributed by atoms with Crippen LogP contribution in [0.2, 0.25) is 0 Å². The lowest BCUT2D eigenvalue weighted by atomic mass is 10.2. The van der Waals surface area contributed by atoms with E-state index >= 15 is 0 Å². The molecule has 1 heterocycles. The molecular weight excluding hydrogens is 344 g/mol. The number of hydrazone groups is 1. The SMILES string of the molecule is COC(=O)c1ccnc(Oc2ccc(C=NNC(N)=S)cc2OC)c1. The van der Waals surface area contributed by atoms with Crippen LogP contribution in [-0.4, -0.2) is 36.5 Å². The minimum atomic E-state index is -0.476. The van der Waals surface area contributed by atoms with Gasteiger partial charge in [-0.05, 0) is 42.0 Å². The van der Waals surface area contributed by atoms with E-state index in [9.17, 15) is 4.79 Å². The molecule has 0 radical (unpaired) electrons. The number of thiocarbonyl (C=S) groups is 1. The molecular formula is C16H16N4O4S. The van der Waals surface area contributed by atoms with Gasteiger partial charge in [-0.1, -0.05) is 0 Å². The second-order valence-electron chi connectivity index (χ2n) is 4.62. The summed E-state index contributed by atoms with van der Waals surface area (Å²) >= 11 is 4.66. The number of nitrogens with two attached hydrogens (primary N) is 1. The standard InChI is InChI=1S/C16H16N4O4S/c1-22-13-7-10(9-19-20-16(17)25)3-4-12(13)24-14-8-11(5-6-18-14)15(21)23-2/h3-9H,1-2H3,(H3,17,20,25). The highest BCUT2D eigenvalue weighted by molar-refractivity contribution is 7.80. The van der Waals surface area contributed by atoms with Gasteiger partial charge in [-0.15, -0.1) is 0 Å². The van der Waals surface area contributed by atoms with Crippen LogP contribution in [0.4, 0.5) is 0 Å². The third-order valence-corrected chi connectivity index (χ3v) is 3.04. The molecule has 0 saturated heterocycles. The number of pyridine rings is 1. The molecule has 0 amide bonds. The lowest BCUT2D eigenvalue weighted by Gasteiger charge is -2.10. The summed E-state index contributed by atoms with van der Waals surface area (Å²) in [4.78, 5) is 15.6. The summed E-state index contributed by atoms with van der Waals surface area (Å²) in [6.07, 6.45) is 2.98. The number of carbonyl (C=O) groups excluding carboxylic acids is 1. The summed E-state index contributed by atoms with van der Waals surface area (Å²) in [5.41, 5.74) is 8.82. The Balaban J connectivity index is 2.21.